The molecular weight excluding hydrogens is 412 g/mol. The first-order chi connectivity index (χ1) is 14.6. The number of carbonyl (C=O) groups is 2. The average Bonchev–Trinajstić information content (AvgIpc) is 3.39. The average molecular weight is 445 g/mol. The van der Waals surface area contributed by atoms with Crippen LogP contribution in [-0.4, -0.2) is 47.4 Å². The van der Waals surface area contributed by atoms with Crippen molar-refractivity contribution >= 4 is 23.2 Å². The number of thiazole rings is 1. The standard InChI is InChI=1S/C23H32N4O3S/c1-14-19(31-13-26-14)15-8-9-16(18(11-15)30-5)12-25-21(28)17-7-6-10-27(17)22(29)20(24)23(2,3)4/h8-9,11,13,17,20H,6-7,10,12,24H2,1-5H3,(H,25,28). The van der Waals surface area contributed by atoms with Crippen molar-refractivity contribution in [3.63, 3.8) is 0 Å². The SMILES string of the molecule is COc1cc(-c2scnc2C)ccc1CNC(=O)C1CCCN1C(=O)C(N)C(C)(C)C. The highest BCUT2D eigenvalue weighted by Crippen LogP contribution is 2.32. The Morgan fingerprint density at radius 2 is 2.13 bits per heavy atom. The lowest BCUT2D eigenvalue weighted by molar-refractivity contribution is -0.141. The van der Waals surface area contributed by atoms with Crippen molar-refractivity contribution in [3.8, 4) is 16.2 Å². The Hall–Kier alpha value is -2.45. The highest BCUT2D eigenvalue weighted by atomic mass is 32.1. The number of benzene rings is 1. The maximum atomic E-state index is 12.9. The second-order valence-corrected chi connectivity index (χ2v) is 9.90. The van der Waals surface area contributed by atoms with E-state index in [4.69, 9.17) is 10.5 Å². The first-order valence-electron chi connectivity index (χ1n) is 10.5. The second-order valence-electron chi connectivity index (χ2n) is 9.04. The molecule has 1 aliphatic heterocycles. The van der Waals surface area contributed by atoms with Gasteiger partial charge < -0.3 is 20.7 Å². The van der Waals surface area contributed by atoms with E-state index in [9.17, 15) is 9.59 Å². The Balaban J connectivity index is 1.68. The van der Waals surface area contributed by atoms with Gasteiger partial charge in [-0.3, -0.25) is 9.59 Å². The minimum absolute atomic E-state index is 0.156. The smallest absolute Gasteiger partial charge is 0.243 e. The van der Waals surface area contributed by atoms with Gasteiger partial charge in [0, 0.05) is 18.7 Å². The van der Waals surface area contributed by atoms with Gasteiger partial charge in [-0.2, -0.15) is 0 Å². The van der Waals surface area contributed by atoms with E-state index >= 15 is 0 Å². The van der Waals surface area contributed by atoms with Crippen molar-refractivity contribution in [1.82, 2.24) is 15.2 Å². The Kier molecular flexibility index (Phi) is 7.01. The van der Waals surface area contributed by atoms with Gasteiger partial charge in [-0.05, 0) is 36.8 Å². The van der Waals surface area contributed by atoms with Gasteiger partial charge in [0.1, 0.15) is 11.8 Å². The lowest BCUT2D eigenvalue weighted by atomic mass is 9.86. The molecule has 0 spiro atoms. The van der Waals surface area contributed by atoms with E-state index in [0.29, 0.717) is 25.3 Å². The lowest BCUT2D eigenvalue weighted by Gasteiger charge is -2.32. The van der Waals surface area contributed by atoms with Crippen LogP contribution in [0.15, 0.2) is 23.7 Å². The molecule has 1 aliphatic rings. The van der Waals surface area contributed by atoms with E-state index < -0.39 is 12.1 Å². The molecule has 0 bridgehead atoms. The molecule has 7 nitrogen and oxygen atoms in total. The Labute approximate surface area is 188 Å². The van der Waals surface area contributed by atoms with Crippen LogP contribution in [0.4, 0.5) is 0 Å². The fraction of sp³-hybridized carbons (Fsp3) is 0.522. The van der Waals surface area contributed by atoms with Crippen LogP contribution in [-0.2, 0) is 16.1 Å². The first-order valence-corrected chi connectivity index (χ1v) is 11.4. The summed E-state index contributed by atoms with van der Waals surface area (Å²) in [5.41, 5.74) is 10.5. The van der Waals surface area contributed by atoms with E-state index in [1.165, 1.54) is 0 Å². The van der Waals surface area contributed by atoms with E-state index in [1.54, 1.807) is 23.3 Å². The number of aryl methyl sites for hydroxylation is 1. The van der Waals surface area contributed by atoms with Crippen LogP contribution in [0.25, 0.3) is 10.4 Å². The zero-order chi connectivity index (χ0) is 22.8. The maximum Gasteiger partial charge on any atom is 0.243 e. The van der Waals surface area contributed by atoms with Gasteiger partial charge >= 0.3 is 0 Å². The monoisotopic (exact) mass is 444 g/mol. The van der Waals surface area contributed by atoms with Crippen LogP contribution in [0.1, 0.15) is 44.9 Å². The Morgan fingerprint density at radius 1 is 1.39 bits per heavy atom. The molecule has 31 heavy (non-hydrogen) atoms. The van der Waals surface area contributed by atoms with Crippen molar-refractivity contribution in [3.05, 3.63) is 35.0 Å². The fourth-order valence-electron chi connectivity index (χ4n) is 3.76. The highest BCUT2D eigenvalue weighted by Gasteiger charge is 2.39. The van der Waals surface area contributed by atoms with Crippen LogP contribution in [0, 0.1) is 12.3 Å². The molecule has 1 aromatic heterocycles. The number of aromatic nitrogens is 1. The molecule has 3 N–H and O–H groups in total. The highest BCUT2D eigenvalue weighted by molar-refractivity contribution is 7.13. The van der Waals surface area contributed by atoms with Gasteiger partial charge in [0.2, 0.25) is 11.8 Å². The van der Waals surface area contributed by atoms with E-state index in [0.717, 1.165) is 28.1 Å². The van der Waals surface area contributed by atoms with Crippen LogP contribution in [0.2, 0.25) is 0 Å². The van der Waals surface area contributed by atoms with Gasteiger partial charge in [0.15, 0.2) is 0 Å². The van der Waals surface area contributed by atoms with Crippen molar-refractivity contribution in [2.24, 2.45) is 11.1 Å². The molecule has 0 saturated carbocycles. The van der Waals surface area contributed by atoms with E-state index in [2.05, 4.69) is 10.3 Å². The quantitative estimate of drug-likeness (QED) is 0.713. The largest absolute Gasteiger partial charge is 0.496 e. The van der Waals surface area contributed by atoms with Crippen LogP contribution < -0.4 is 15.8 Å². The number of nitrogens with zero attached hydrogens (tertiary/aromatic N) is 2. The third-order valence-electron chi connectivity index (χ3n) is 5.79. The van der Waals surface area contributed by atoms with Crippen LogP contribution in [0.5, 0.6) is 5.75 Å². The van der Waals surface area contributed by atoms with Crippen LogP contribution >= 0.6 is 11.3 Å². The lowest BCUT2D eigenvalue weighted by Crippen LogP contribution is -2.54. The van der Waals surface area contributed by atoms with Crippen molar-refractivity contribution < 1.29 is 14.3 Å². The van der Waals surface area contributed by atoms with Crippen molar-refractivity contribution in [2.45, 2.75) is 59.2 Å². The second kappa shape index (κ2) is 9.36. The maximum absolute atomic E-state index is 12.9. The fourth-order valence-corrected chi connectivity index (χ4v) is 4.57. The van der Waals surface area contributed by atoms with Gasteiger partial charge in [0.05, 0.1) is 29.2 Å². The summed E-state index contributed by atoms with van der Waals surface area (Å²) in [5, 5.41) is 2.98. The molecule has 3 rings (SSSR count). The molecule has 2 aromatic rings. The number of carbonyl (C=O) groups excluding carboxylic acids is 2. The Morgan fingerprint density at radius 3 is 2.74 bits per heavy atom. The third kappa shape index (κ3) is 5.07. The number of rotatable bonds is 6. The third-order valence-corrected chi connectivity index (χ3v) is 6.76. The van der Waals surface area contributed by atoms with Crippen molar-refractivity contribution in [1.29, 1.82) is 0 Å². The van der Waals surface area contributed by atoms with Gasteiger partial charge in [-0.25, -0.2) is 4.98 Å². The summed E-state index contributed by atoms with van der Waals surface area (Å²) in [6.07, 6.45) is 1.45. The number of hydrogen-bond acceptors (Lipinski definition) is 6. The van der Waals surface area contributed by atoms with Crippen molar-refractivity contribution in [2.75, 3.05) is 13.7 Å². The topological polar surface area (TPSA) is 97.5 Å². The summed E-state index contributed by atoms with van der Waals surface area (Å²) in [6.45, 7) is 8.67. The number of ether oxygens (including phenoxy) is 1. The molecule has 1 aromatic carbocycles. The normalized spacial score (nSPS) is 17.5. The minimum Gasteiger partial charge on any atom is -0.496 e. The zero-order valence-electron chi connectivity index (χ0n) is 18.9. The Bertz CT molecular complexity index is 951. The number of likely N-dealkylation sites (tertiary alicyclic amines) is 1. The molecule has 0 radical (unpaired) electrons. The predicted molar refractivity (Wildman–Crippen MR) is 123 cm³/mol. The number of methoxy groups -OCH3 is 1. The molecule has 0 aliphatic carbocycles. The predicted octanol–water partition coefficient (Wildman–Crippen LogP) is 3.11. The number of hydrogen-bond donors (Lipinski definition) is 2. The summed E-state index contributed by atoms with van der Waals surface area (Å²) in [4.78, 5) is 32.8. The number of nitrogens with one attached hydrogen (secondary N) is 1. The molecule has 8 heteroatoms. The molecule has 2 heterocycles. The number of amides is 2. The van der Waals surface area contributed by atoms with E-state index in [-0.39, 0.29) is 17.2 Å². The molecule has 2 atom stereocenters. The van der Waals surface area contributed by atoms with Crippen LogP contribution in [0.3, 0.4) is 0 Å². The molecule has 2 amide bonds. The van der Waals surface area contributed by atoms with Gasteiger partial charge in [0.25, 0.3) is 0 Å². The number of nitrogens with two attached hydrogens (primary N) is 1. The molecule has 168 valence electrons. The van der Waals surface area contributed by atoms with Gasteiger partial charge in [-0.1, -0.05) is 32.9 Å². The van der Waals surface area contributed by atoms with Gasteiger partial charge in [-0.15, -0.1) is 11.3 Å². The first kappa shape index (κ1) is 23.2. The summed E-state index contributed by atoms with van der Waals surface area (Å²) >= 11 is 1.59. The molecule has 1 fully saturated rings. The molecular formula is C23H32N4O3S. The zero-order valence-corrected chi connectivity index (χ0v) is 19.7. The summed E-state index contributed by atoms with van der Waals surface area (Å²) in [5.74, 6) is 0.392. The molecule has 1 saturated heterocycles. The summed E-state index contributed by atoms with van der Waals surface area (Å²) < 4.78 is 5.56. The molecule has 2 unspecified atom stereocenters. The van der Waals surface area contributed by atoms with E-state index in [1.807, 2.05) is 51.4 Å². The summed E-state index contributed by atoms with van der Waals surface area (Å²) in [6, 6.07) is 4.82. The summed E-state index contributed by atoms with van der Waals surface area (Å²) in [7, 11) is 1.62. The minimum atomic E-state index is -0.635.